The molecule has 1 aromatic rings. The summed E-state index contributed by atoms with van der Waals surface area (Å²) in [4.78, 5) is 10.5. The smallest absolute Gasteiger partial charge is 0.107 e. The molecule has 0 radical (unpaired) electrons. The SMILES string of the molecule is CN1CCNC(Cc2ncc(C3CCCC3)[nH]2)C1. The minimum Gasteiger partial charge on any atom is -0.346 e. The number of hydrogen-bond acceptors (Lipinski definition) is 3. The van der Waals surface area contributed by atoms with Crippen molar-refractivity contribution in [3.05, 3.63) is 17.7 Å². The molecular weight excluding hydrogens is 224 g/mol. The number of rotatable bonds is 3. The molecule has 0 amide bonds. The molecule has 1 aliphatic carbocycles. The predicted molar refractivity (Wildman–Crippen MR) is 72.8 cm³/mol. The van der Waals surface area contributed by atoms with E-state index >= 15 is 0 Å². The molecule has 18 heavy (non-hydrogen) atoms. The monoisotopic (exact) mass is 248 g/mol. The second-order valence-corrected chi connectivity index (χ2v) is 5.88. The Morgan fingerprint density at radius 1 is 1.39 bits per heavy atom. The van der Waals surface area contributed by atoms with E-state index in [0.717, 1.165) is 37.8 Å². The molecule has 1 aromatic heterocycles. The van der Waals surface area contributed by atoms with E-state index in [4.69, 9.17) is 0 Å². The van der Waals surface area contributed by atoms with E-state index in [9.17, 15) is 0 Å². The fraction of sp³-hybridized carbons (Fsp3) is 0.786. The lowest BCUT2D eigenvalue weighted by molar-refractivity contribution is 0.236. The normalized spacial score (nSPS) is 26.8. The van der Waals surface area contributed by atoms with Crippen molar-refractivity contribution in [1.29, 1.82) is 0 Å². The highest BCUT2D eigenvalue weighted by atomic mass is 15.2. The van der Waals surface area contributed by atoms with Gasteiger partial charge in [-0.05, 0) is 19.9 Å². The summed E-state index contributed by atoms with van der Waals surface area (Å²) >= 11 is 0. The van der Waals surface area contributed by atoms with Crippen LogP contribution >= 0.6 is 0 Å². The summed E-state index contributed by atoms with van der Waals surface area (Å²) in [5.74, 6) is 1.90. The Hall–Kier alpha value is -0.870. The van der Waals surface area contributed by atoms with Crippen LogP contribution in [0.5, 0.6) is 0 Å². The van der Waals surface area contributed by atoms with Crippen LogP contribution < -0.4 is 5.32 Å². The van der Waals surface area contributed by atoms with Crippen LogP contribution in [-0.2, 0) is 6.42 Å². The highest BCUT2D eigenvalue weighted by Gasteiger charge is 2.21. The lowest BCUT2D eigenvalue weighted by atomic mass is 10.1. The quantitative estimate of drug-likeness (QED) is 0.852. The molecule has 3 rings (SSSR count). The highest BCUT2D eigenvalue weighted by molar-refractivity contribution is 5.10. The first-order valence-electron chi connectivity index (χ1n) is 7.27. The van der Waals surface area contributed by atoms with Crippen LogP contribution in [0.3, 0.4) is 0 Å². The fourth-order valence-corrected chi connectivity index (χ4v) is 3.29. The molecule has 4 nitrogen and oxygen atoms in total. The highest BCUT2D eigenvalue weighted by Crippen LogP contribution is 2.32. The molecule has 1 atom stereocenters. The molecular formula is C14H24N4. The van der Waals surface area contributed by atoms with E-state index in [1.165, 1.54) is 31.4 Å². The van der Waals surface area contributed by atoms with Crippen LogP contribution in [0.2, 0.25) is 0 Å². The molecule has 0 spiro atoms. The van der Waals surface area contributed by atoms with Gasteiger partial charge < -0.3 is 15.2 Å². The van der Waals surface area contributed by atoms with Gasteiger partial charge in [-0.15, -0.1) is 0 Å². The Morgan fingerprint density at radius 3 is 3.00 bits per heavy atom. The van der Waals surface area contributed by atoms with Gasteiger partial charge in [0.15, 0.2) is 0 Å². The van der Waals surface area contributed by atoms with Crippen molar-refractivity contribution in [3.8, 4) is 0 Å². The molecule has 1 unspecified atom stereocenters. The van der Waals surface area contributed by atoms with Gasteiger partial charge in [0, 0.05) is 49.9 Å². The second-order valence-electron chi connectivity index (χ2n) is 5.88. The Balaban J connectivity index is 1.59. The first kappa shape index (κ1) is 12.2. The van der Waals surface area contributed by atoms with Gasteiger partial charge in [-0.25, -0.2) is 4.98 Å². The Bertz CT molecular complexity index is 381. The number of likely N-dealkylation sites (N-methyl/N-ethyl adjacent to an activating group) is 1. The molecule has 0 bridgehead atoms. The molecule has 4 heteroatoms. The van der Waals surface area contributed by atoms with Gasteiger partial charge >= 0.3 is 0 Å². The average Bonchev–Trinajstić information content (AvgIpc) is 2.98. The number of nitrogens with zero attached hydrogens (tertiary/aromatic N) is 2. The number of aromatic amines is 1. The van der Waals surface area contributed by atoms with Crippen molar-refractivity contribution >= 4 is 0 Å². The Morgan fingerprint density at radius 2 is 2.22 bits per heavy atom. The number of aromatic nitrogens is 2. The topological polar surface area (TPSA) is 44.0 Å². The summed E-state index contributed by atoms with van der Waals surface area (Å²) in [7, 11) is 2.19. The van der Waals surface area contributed by atoms with Crippen molar-refractivity contribution in [1.82, 2.24) is 20.2 Å². The van der Waals surface area contributed by atoms with Gasteiger partial charge in [-0.3, -0.25) is 0 Å². The van der Waals surface area contributed by atoms with Gasteiger partial charge in [-0.1, -0.05) is 12.8 Å². The van der Waals surface area contributed by atoms with Crippen molar-refractivity contribution in [2.45, 2.75) is 44.1 Å². The number of nitrogens with one attached hydrogen (secondary N) is 2. The lowest BCUT2D eigenvalue weighted by Crippen LogP contribution is -2.50. The number of H-pyrrole nitrogens is 1. The summed E-state index contributed by atoms with van der Waals surface area (Å²) in [6, 6.07) is 0.548. The van der Waals surface area contributed by atoms with Gasteiger partial charge in [0.05, 0.1) is 0 Å². The minimum atomic E-state index is 0.548. The number of hydrogen-bond donors (Lipinski definition) is 2. The van der Waals surface area contributed by atoms with Crippen LogP contribution in [-0.4, -0.2) is 47.6 Å². The maximum Gasteiger partial charge on any atom is 0.107 e. The van der Waals surface area contributed by atoms with E-state index in [0.29, 0.717) is 6.04 Å². The summed E-state index contributed by atoms with van der Waals surface area (Å²) in [5, 5.41) is 3.58. The zero-order valence-electron chi connectivity index (χ0n) is 11.3. The van der Waals surface area contributed by atoms with E-state index < -0.39 is 0 Å². The summed E-state index contributed by atoms with van der Waals surface area (Å²) in [6.45, 7) is 3.37. The van der Waals surface area contributed by atoms with E-state index in [1.54, 1.807) is 0 Å². The van der Waals surface area contributed by atoms with Gasteiger partial charge in [0.2, 0.25) is 0 Å². The third-order valence-electron chi connectivity index (χ3n) is 4.34. The molecule has 1 aliphatic heterocycles. The second kappa shape index (κ2) is 5.41. The predicted octanol–water partition coefficient (Wildman–Crippen LogP) is 1.51. The minimum absolute atomic E-state index is 0.548. The molecule has 1 saturated heterocycles. The largest absolute Gasteiger partial charge is 0.346 e. The maximum absolute atomic E-state index is 4.57. The third kappa shape index (κ3) is 2.75. The molecule has 2 aliphatic rings. The Labute approximate surface area is 109 Å². The van der Waals surface area contributed by atoms with Crippen LogP contribution in [0.4, 0.5) is 0 Å². The summed E-state index contributed by atoms with van der Waals surface area (Å²) in [6.07, 6.45) is 8.54. The molecule has 100 valence electrons. The van der Waals surface area contributed by atoms with Crippen LogP contribution in [0, 0.1) is 0 Å². The number of piperazine rings is 1. The van der Waals surface area contributed by atoms with Crippen molar-refractivity contribution in [2.75, 3.05) is 26.7 Å². The molecule has 2 N–H and O–H groups in total. The van der Waals surface area contributed by atoms with Crippen molar-refractivity contribution in [3.63, 3.8) is 0 Å². The lowest BCUT2D eigenvalue weighted by Gasteiger charge is -2.30. The van der Waals surface area contributed by atoms with E-state index in [1.807, 2.05) is 0 Å². The summed E-state index contributed by atoms with van der Waals surface area (Å²) in [5.41, 5.74) is 1.37. The van der Waals surface area contributed by atoms with Crippen LogP contribution in [0.1, 0.15) is 43.1 Å². The van der Waals surface area contributed by atoms with Crippen LogP contribution in [0.25, 0.3) is 0 Å². The molecule has 2 heterocycles. The molecule has 2 fully saturated rings. The van der Waals surface area contributed by atoms with Gasteiger partial charge in [-0.2, -0.15) is 0 Å². The standard InChI is InChI=1S/C14H24N4/c1-18-7-6-15-12(10-18)8-14-16-9-13(17-14)11-4-2-3-5-11/h9,11-12,15H,2-8,10H2,1H3,(H,16,17). The first-order valence-corrected chi connectivity index (χ1v) is 7.27. The third-order valence-corrected chi connectivity index (χ3v) is 4.34. The maximum atomic E-state index is 4.57. The van der Waals surface area contributed by atoms with Gasteiger partial charge in [0.25, 0.3) is 0 Å². The number of imidazole rings is 1. The van der Waals surface area contributed by atoms with Crippen molar-refractivity contribution < 1.29 is 0 Å². The molecule has 0 aromatic carbocycles. The first-order chi connectivity index (χ1) is 8.81. The zero-order valence-corrected chi connectivity index (χ0v) is 11.3. The zero-order chi connectivity index (χ0) is 12.4. The van der Waals surface area contributed by atoms with Gasteiger partial charge in [0.1, 0.15) is 5.82 Å². The fourth-order valence-electron chi connectivity index (χ4n) is 3.29. The van der Waals surface area contributed by atoms with E-state index in [2.05, 4.69) is 33.4 Å². The molecule has 1 saturated carbocycles. The van der Waals surface area contributed by atoms with Crippen LogP contribution in [0.15, 0.2) is 6.20 Å². The summed E-state index contributed by atoms with van der Waals surface area (Å²) < 4.78 is 0. The average molecular weight is 248 g/mol. The van der Waals surface area contributed by atoms with E-state index in [-0.39, 0.29) is 0 Å². The Kier molecular flexibility index (Phi) is 3.66. The van der Waals surface area contributed by atoms with Crippen molar-refractivity contribution in [2.24, 2.45) is 0 Å².